The molecule has 0 radical (unpaired) electrons. The van der Waals surface area contributed by atoms with Gasteiger partial charge in [-0.05, 0) is 25.0 Å². The van der Waals surface area contributed by atoms with Gasteiger partial charge in [0.15, 0.2) is 0 Å². The van der Waals surface area contributed by atoms with E-state index in [9.17, 15) is 0 Å². The molecule has 0 saturated carbocycles. The summed E-state index contributed by atoms with van der Waals surface area (Å²) in [4.78, 5) is 0. The van der Waals surface area contributed by atoms with Crippen molar-refractivity contribution in [3.8, 4) is 6.07 Å². The van der Waals surface area contributed by atoms with Gasteiger partial charge in [0, 0.05) is 6.54 Å². The first-order valence-electron chi connectivity index (χ1n) is 4.31. The van der Waals surface area contributed by atoms with Crippen LogP contribution in [-0.2, 0) is 12.0 Å². The molecule has 0 bridgehead atoms. The van der Waals surface area contributed by atoms with E-state index in [1.54, 1.807) is 0 Å². The van der Waals surface area contributed by atoms with Crippen molar-refractivity contribution in [3.63, 3.8) is 0 Å². The lowest BCUT2D eigenvalue weighted by atomic mass is 9.86. The second-order valence-corrected chi connectivity index (χ2v) is 3.64. The molecule has 0 aliphatic heterocycles. The SMILES string of the molecule is CC(C)(C#N)c1ccc(CN)cc1.Cl. The van der Waals surface area contributed by atoms with Crippen LogP contribution in [0.15, 0.2) is 24.3 Å². The van der Waals surface area contributed by atoms with Gasteiger partial charge in [0.25, 0.3) is 0 Å². The number of benzene rings is 1. The van der Waals surface area contributed by atoms with Crippen molar-refractivity contribution in [3.05, 3.63) is 35.4 Å². The number of hydrogen-bond donors (Lipinski definition) is 1. The first-order valence-corrected chi connectivity index (χ1v) is 4.31. The summed E-state index contributed by atoms with van der Waals surface area (Å²) in [7, 11) is 0. The molecule has 0 spiro atoms. The predicted octanol–water partition coefficient (Wildman–Crippen LogP) is 2.37. The van der Waals surface area contributed by atoms with E-state index in [0.717, 1.165) is 11.1 Å². The second kappa shape index (κ2) is 4.99. The third-order valence-corrected chi connectivity index (χ3v) is 2.19. The van der Waals surface area contributed by atoms with Gasteiger partial charge in [-0.1, -0.05) is 24.3 Å². The maximum atomic E-state index is 8.90. The summed E-state index contributed by atoms with van der Waals surface area (Å²) in [6, 6.07) is 10.1. The van der Waals surface area contributed by atoms with Gasteiger partial charge in [0.1, 0.15) is 0 Å². The molecule has 0 aliphatic rings. The van der Waals surface area contributed by atoms with Crippen LogP contribution in [0.1, 0.15) is 25.0 Å². The molecule has 0 heterocycles. The van der Waals surface area contributed by atoms with Gasteiger partial charge >= 0.3 is 0 Å². The Labute approximate surface area is 91.1 Å². The third kappa shape index (κ3) is 2.73. The molecule has 0 aromatic heterocycles. The quantitative estimate of drug-likeness (QED) is 0.815. The zero-order valence-electron chi connectivity index (χ0n) is 8.45. The van der Waals surface area contributed by atoms with E-state index in [-0.39, 0.29) is 12.4 Å². The lowest BCUT2D eigenvalue weighted by Crippen LogP contribution is -2.13. The van der Waals surface area contributed by atoms with Crippen molar-refractivity contribution in [2.45, 2.75) is 25.8 Å². The first kappa shape index (κ1) is 13.0. The highest BCUT2D eigenvalue weighted by molar-refractivity contribution is 5.85. The van der Waals surface area contributed by atoms with Crippen molar-refractivity contribution in [2.75, 3.05) is 0 Å². The van der Waals surface area contributed by atoms with E-state index >= 15 is 0 Å². The molecule has 0 saturated heterocycles. The number of rotatable bonds is 2. The Morgan fingerprint density at radius 1 is 1.29 bits per heavy atom. The standard InChI is InChI=1S/C11H14N2.ClH/c1-11(2,8-13)10-5-3-9(7-12)4-6-10;/h3-6H,7,12H2,1-2H3;1H. The van der Waals surface area contributed by atoms with E-state index < -0.39 is 5.41 Å². The normalized spacial score (nSPS) is 10.1. The van der Waals surface area contributed by atoms with Gasteiger partial charge in [-0.15, -0.1) is 12.4 Å². The second-order valence-electron chi connectivity index (χ2n) is 3.64. The van der Waals surface area contributed by atoms with Crippen molar-refractivity contribution >= 4 is 12.4 Å². The summed E-state index contributed by atoms with van der Waals surface area (Å²) < 4.78 is 0. The average Bonchev–Trinajstić information content (AvgIpc) is 2.18. The highest BCUT2D eigenvalue weighted by atomic mass is 35.5. The summed E-state index contributed by atoms with van der Waals surface area (Å²) in [5.41, 5.74) is 7.20. The van der Waals surface area contributed by atoms with E-state index in [4.69, 9.17) is 11.0 Å². The Morgan fingerprint density at radius 3 is 2.14 bits per heavy atom. The third-order valence-electron chi connectivity index (χ3n) is 2.19. The molecule has 3 heteroatoms. The molecule has 1 aromatic carbocycles. The lowest BCUT2D eigenvalue weighted by molar-refractivity contribution is 0.686. The number of nitriles is 1. The number of hydrogen-bond acceptors (Lipinski definition) is 2. The highest BCUT2D eigenvalue weighted by Gasteiger charge is 2.18. The summed E-state index contributed by atoms with van der Waals surface area (Å²) in [5, 5.41) is 8.90. The van der Waals surface area contributed by atoms with Gasteiger partial charge < -0.3 is 5.73 Å². The van der Waals surface area contributed by atoms with Crippen LogP contribution in [0.2, 0.25) is 0 Å². The lowest BCUT2D eigenvalue weighted by Gasteiger charge is -2.15. The summed E-state index contributed by atoms with van der Waals surface area (Å²) in [6.45, 7) is 4.36. The van der Waals surface area contributed by atoms with Crippen LogP contribution in [-0.4, -0.2) is 0 Å². The van der Waals surface area contributed by atoms with Crippen LogP contribution in [0.25, 0.3) is 0 Å². The Bertz CT molecular complexity index is 322. The minimum absolute atomic E-state index is 0. The van der Waals surface area contributed by atoms with Crippen molar-refractivity contribution in [2.24, 2.45) is 5.73 Å². The Morgan fingerprint density at radius 2 is 1.79 bits per heavy atom. The summed E-state index contributed by atoms with van der Waals surface area (Å²) >= 11 is 0. The molecule has 2 N–H and O–H groups in total. The minimum atomic E-state index is -0.410. The zero-order valence-corrected chi connectivity index (χ0v) is 9.27. The topological polar surface area (TPSA) is 49.8 Å². The number of nitrogens with two attached hydrogens (primary N) is 1. The van der Waals surface area contributed by atoms with E-state index in [1.165, 1.54) is 0 Å². The Kier molecular flexibility index (Phi) is 4.62. The van der Waals surface area contributed by atoms with Crippen LogP contribution in [0, 0.1) is 11.3 Å². The molecule has 76 valence electrons. The molecule has 14 heavy (non-hydrogen) atoms. The predicted molar refractivity (Wildman–Crippen MR) is 60.2 cm³/mol. The average molecular weight is 211 g/mol. The molecule has 0 amide bonds. The Hall–Kier alpha value is -1.04. The molecule has 1 rings (SSSR count). The van der Waals surface area contributed by atoms with Crippen molar-refractivity contribution in [1.82, 2.24) is 0 Å². The van der Waals surface area contributed by atoms with Crippen LogP contribution >= 0.6 is 12.4 Å². The largest absolute Gasteiger partial charge is 0.326 e. The maximum absolute atomic E-state index is 8.90. The monoisotopic (exact) mass is 210 g/mol. The fraction of sp³-hybridized carbons (Fsp3) is 0.364. The van der Waals surface area contributed by atoms with Crippen LogP contribution in [0.5, 0.6) is 0 Å². The fourth-order valence-electron chi connectivity index (χ4n) is 1.12. The molecular weight excluding hydrogens is 196 g/mol. The molecule has 2 nitrogen and oxygen atoms in total. The van der Waals surface area contributed by atoms with Crippen molar-refractivity contribution in [1.29, 1.82) is 5.26 Å². The van der Waals surface area contributed by atoms with Gasteiger partial charge in [-0.25, -0.2) is 0 Å². The molecular formula is C11H15ClN2. The van der Waals surface area contributed by atoms with Crippen molar-refractivity contribution < 1.29 is 0 Å². The van der Waals surface area contributed by atoms with E-state index in [0.29, 0.717) is 6.54 Å². The molecule has 1 aromatic rings. The van der Waals surface area contributed by atoms with Gasteiger partial charge in [0.2, 0.25) is 0 Å². The fourth-order valence-corrected chi connectivity index (χ4v) is 1.12. The van der Waals surface area contributed by atoms with E-state index in [1.807, 2.05) is 38.1 Å². The van der Waals surface area contributed by atoms with Gasteiger partial charge in [0.05, 0.1) is 11.5 Å². The highest BCUT2D eigenvalue weighted by Crippen LogP contribution is 2.21. The van der Waals surface area contributed by atoms with Crippen LogP contribution in [0.3, 0.4) is 0 Å². The number of halogens is 1. The smallest absolute Gasteiger partial charge is 0.0766 e. The van der Waals surface area contributed by atoms with Crippen LogP contribution in [0.4, 0.5) is 0 Å². The zero-order chi connectivity index (χ0) is 9.90. The maximum Gasteiger partial charge on any atom is 0.0766 e. The summed E-state index contributed by atoms with van der Waals surface area (Å²) in [6.07, 6.45) is 0. The van der Waals surface area contributed by atoms with Gasteiger partial charge in [-0.2, -0.15) is 5.26 Å². The minimum Gasteiger partial charge on any atom is -0.326 e. The van der Waals surface area contributed by atoms with E-state index in [2.05, 4.69) is 6.07 Å². The Balaban J connectivity index is 0.00000169. The molecule has 0 aliphatic carbocycles. The van der Waals surface area contributed by atoms with Crippen LogP contribution < -0.4 is 5.73 Å². The molecule has 0 unspecified atom stereocenters. The molecule has 0 fully saturated rings. The summed E-state index contributed by atoms with van der Waals surface area (Å²) in [5.74, 6) is 0. The van der Waals surface area contributed by atoms with Gasteiger partial charge in [-0.3, -0.25) is 0 Å². The first-order chi connectivity index (χ1) is 6.10. The molecule has 0 atom stereocenters. The number of nitrogens with zero attached hydrogens (tertiary/aromatic N) is 1.